The Morgan fingerprint density at radius 1 is 1.05 bits per heavy atom. The van der Waals surface area contributed by atoms with Crippen LogP contribution < -0.4 is 0 Å². The fourth-order valence-corrected chi connectivity index (χ4v) is 2.47. The maximum atomic E-state index is 12.1. The summed E-state index contributed by atoms with van der Waals surface area (Å²) in [4.78, 5) is 24.1. The third kappa shape index (κ3) is 4.45. The standard InChI is InChI=1S/C14H22O6/c1-17-6-7-18-13(15)11-4-2-3-5-12(11)14(16)20-9-10-8-19-10/h10-12H,2-9H2,1H3. The Labute approximate surface area is 118 Å². The van der Waals surface area contributed by atoms with Crippen LogP contribution >= 0.6 is 0 Å². The molecule has 0 aromatic rings. The van der Waals surface area contributed by atoms with Crippen molar-refractivity contribution in [3.8, 4) is 0 Å². The molecule has 20 heavy (non-hydrogen) atoms. The van der Waals surface area contributed by atoms with E-state index in [2.05, 4.69) is 0 Å². The highest BCUT2D eigenvalue weighted by Gasteiger charge is 2.38. The molecule has 2 aliphatic rings. The monoisotopic (exact) mass is 286 g/mol. The number of ether oxygens (including phenoxy) is 4. The van der Waals surface area contributed by atoms with E-state index < -0.39 is 0 Å². The second-order valence-corrected chi connectivity index (χ2v) is 5.24. The summed E-state index contributed by atoms with van der Waals surface area (Å²) < 4.78 is 20.2. The molecule has 0 aromatic heterocycles. The molecule has 0 bridgehead atoms. The molecule has 0 spiro atoms. The number of hydrogen-bond acceptors (Lipinski definition) is 6. The maximum Gasteiger partial charge on any atom is 0.309 e. The number of esters is 2. The van der Waals surface area contributed by atoms with Crippen LogP contribution in [0.4, 0.5) is 0 Å². The molecule has 0 radical (unpaired) electrons. The molecule has 0 N–H and O–H groups in total. The van der Waals surface area contributed by atoms with Gasteiger partial charge in [-0.3, -0.25) is 9.59 Å². The molecule has 0 aromatic carbocycles. The summed E-state index contributed by atoms with van der Waals surface area (Å²) in [6.45, 7) is 1.54. The second-order valence-electron chi connectivity index (χ2n) is 5.24. The average Bonchev–Trinajstić information content (AvgIpc) is 3.29. The minimum Gasteiger partial charge on any atom is -0.463 e. The first-order valence-electron chi connectivity index (χ1n) is 7.16. The Bertz CT molecular complexity index is 339. The van der Waals surface area contributed by atoms with Gasteiger partial charge in [0, 0.05) is 7.11 Å². The summed E-state index contributed by atoms with van der Waals surface area (Å²) in [6, 6.07) is 0. The Morgan fingerprint density at radius 3 is 2.20 bits per heavy atom. The van der Waals surface area contributed by atoms with Gasteiger partial charge in [0.1, 0.15) is 19.3 Å². The number of rotatable bonds is 7. The molecule has 6 heteroatoms. The van der Waals surface area contributed by atoms with Crippen LogP contribution in [0.3, 0.4) is 0 Å². The quantitative estimate of drug-likeness (QED) is 0.394. The summed E-state index contributed by atoms with van der Waals surface area (Å²) >= 11 is 0. The van der Waals surface area contributed by atoms with Crippen LogP contribution in [0.25, 0.3) is 0 Å². The van der Waals surface area contributed by atoms with Crippen molar-refractivity contribution in [2.75, 3.05) is 33.5 Å². The molecule has 0 amide bonds. The van der Waals surface area contributed by atoms with E-state index in [4.69, 9.17) is 18.9 Å². The van der Waals surface area contributed by atoms with Crippen molar-refractivity contribution in [3.05, 3.63) is 0 Å². The van der Waals surface area contributed by atoms with E-state index in [0.29, 0.717) is 32.7 Å². The van der Waals surface area contributed by atoms with Crippen LogP contribution in [0, 0.1) is 11.8 Å². The lowest BCUT2D eigenvalue weighted by molar-refractivity contribution is -0.163. The Balaban J connectivity index is 1.82. The topological polar surface area (TPSA) is 74.4 Å². The van der Waals surface area contributed by atoms with E-state index in [0.717, 1.165) is 12.8 Å². The number of carbonyl (C=O) groups is 2. The highest BCUT2D eigenvalue weighted by atomic mass is 16.6. The largest absolute Gasteiger partial charge is 0.463 e. The van der Waals surface area contributed by atoms with Gasteiger partial charge in [-0.2, -0.15) is 0 Å². The molecule has 114 valence electrons. The number of epoxide rings is 1. The zero-order valence-electron chi connectivity index (χ0n) is 11.8. The van der Waals surface area contributed by atoms with Gasteiger partial charge in [-0.15, -0.1) is 0 Å². The predicted molar refractivity (Wildman–Crippen MR) is 69.0 cm³/mol. The van der Waals surface area contributed by atoms with Gasteiger partial charge >= 0.3 is 11.9 Å². The molecule has 2 rings (SSSR count). The first-order valence-corrected chi connectivity index (χ1v) is 7.16. The van der Waals surface area contributed by atoms with Gasteiger partial charge in [0.05, 0.1) is 25.0 Å². The van der Waals surface area contributed by atoms with Crippen LogP contribution in [0.15, 0.2) is 0 Å². The highest BCUT2D eigenvalue weighted by Crippen LogP contribution is 2.32. The van der Waals surface area contributed by atoms with Crippen molar-refractivity contribution in [2.45, 2.75) is 31.8 Å². The van der Waals surface area contributed by atoms with Gasteiger partial charge < -0.3 is 18.9 Å². The summed E-state index contributed by atoms with van der Waals surface area (Å²) in [7, 11) is 1.55. The van der Waals surface area contributed by atoms with Crippen LogP contribution in [0.5, 0.6) is 0 Å². The number of hydrogen-bond donors (Lipinski definition) is 0. The SMILES string of the molecule is COCCOC(=O)C1CCCCC1C(=O)OCC1CO1. The minimum absolute atomic E-state index is 0.0506. The molecular formula is C14H22O6. The minimum atomic E-state index is -0.381. The zero-order chi connectivity index (χ0) is 14.4. The van der Waals surface area contributed by atoms with Gasteiger partial charge in [-0.1, -0.05) is 12.8 Å². The lowest BCUT2D eigenvalue weighted by Crippen LogP contribution is -2.35. The fourth-order valence-electron chi connectivity index (χ4n) is 2.47. The fraction of sp³-hybridized carbons (Fsp3) is 0.857. The van der Waals surface area contributed by atoms with Crippen LogP contribution in [0.2, 0.25) is 0 Å². The van der Waals surface area contributed by atoms with Crippen molar-refractivity contribution < 1.29 is 28.5 Å². The third-order valence-corrected chi connectivity index (χ3v) is 3.72. The molecular weight excluding hydrogens is 264 g/mol. The molecule has 1 heterocycles. The first kappa shape index (κ1) is 15.3. The summed E-state index contributed by atoms with van der Waals surface area (Å²) in [5.41, 5.74) is 0. The van der Waals surface area contributed by atoms with Crippen molar-refractivity contribution in [3.63, 3.8) is 0 Å². The number of carbonyl (C=O) groups excluding carboxylic acids is 2. The van der Waals surface area contributed by atoms with E-state index in [9.17, 15) is 9.59 Å². The van der Waals surface area contributed by atoms with Crippen molar-refractivity contribution in [1.29, 1.82) is 0 Å². The third-order valence-electron chi connectivity index (χ3n) is 3.72. The van der Waals surface area contributed by atoms with E-state index >= 15 is 0 Å². The van der Waals surface area contributed by atoms with E-state index in [1.807, 2.05) is 0 Å². The van der Waals surface area contributed by atoms with Crippen LogP contribution in [-0.4, -0.2) is 51.6 Å². The maximum absolute atomic E-state index is 12.1. The Hall–Kier alpha value is -1.14. The van der Waals surface area contributed by atoms with Gasteiger partial charge in [0.15, 0.2) is 0 Å². The molecule has 6 nitrogen and oxygen atoms in total. The Kier molecular flexibility index (Phi) is 5.79. The highest BCUT2D eigenvalue weighted by molar-refractivity contribution is 5.82. The molecule has 2 fully saturated rings. The van der Waals surface area contributed by atoms with E-state index in [-0.39, 0.29) is 36.5 Å². The Morgan fingerprint density at radius 2 is 1.65 bits per heavy atom. The van der Waals surface area contributed by atoms with Gasteiger partial charge in [0.2, 0.25) is 0 Å². The van der Waals surface area contributed by atoms with Crippen molar-refractivity contribution in [1.82, 2.24) is 0 Å². The molecule has 1 saturated heterocycles. The molecule has 1 aliphatic heterocycles. The summed E-state index contributed by atoms with van der Waals surface area (Å²) in [6.07, 6.45) is 3.32. The van der Waals surface area contributed by atoms with Crippen LogP contribution in [0.1, 0.15) is 25.7 Å². The lowest BCUT2D eigenvalue weighted by Gasteiger charge is -2.28. The molecule has 1 saturated carbocycles. The lowest BCUT2D eigenvalue weighted by atomic mass is 9.79. The van der Waals surface area contributed by atoms with Gasteiger partial charge in [-0.05, 0) is 12.8 Å². The van der Waals surface area contributed by atoms with E-state index in [1.165, 1.54) is 0 Å². The summed E-state index contributed by atoms with van der Waals surface area (Å²) in [5.74, 6) is -1.37. The summed E-state index contributed by atoms with van der Waals surface area (Å²) in [5, 5.41) is 0. The molecule has 1 aliphatic carbocycles. The second kappa shape index (κ2) is 7.59. The average molecular weight is 286 g/mol. The van der Waals surface area contributed by atoms with E-state index in [1.54, 1.807) is 7.11 Å². The van der Waals surface area contributed by atoms with Gasteiger partial charge in [0.25, 0.3) is 0 Å². The smallest absolute Gasteiger partial charge is 0.309 e. The van der Waals surface area contributed by atoms with Crippen LogP contribution in [-0.2, 0) is 28.5 Å². The zero-order valence-corrected chi connectivity index (χ0v) is 11.8. The van der Waals surface area contributed by atoms with Crippen molar-refractivity contribution in [2.24, 2.45) is 11.8 Å². The normalized spacial score (nSPS) is 28.8. The molecule has 3 atom stereocenters. The first-order chi connectivity index (χ1) is 9.72. The molecule has 3 unspecified atom stereocenters. The number of methoxy groups -OCH3 is 1. The van der Waals surface area contributed by atoms with Gasteiger partial charge in [-0.25, -0.2) is 0 Å². The van der Waals surface area contributed by atoms with Crippen molar-refractivity contribution >= 4 is 11.9 Å². The predicted octanol–water partition coefficient (Wildman–Crippen LogP) is 0.924.